The van der Waals surface area contributed by atoms with E-state index in [2.05, 4.69) is 6.58 Å². The molecule has 0 aromatic carbocycles. The Morgan fingerprint density at radius 1 is 1.45 bits per heavy atom. The van der Waals surface area contributed by atoms with Gasteiger partial charge in [-0.15, -0.1) is 0 Å². The van der Waals surface area contributed by atoms with Crippen molar-refractivity contribution in [3.8, 4) is 0 Å². The highest BCUT2D eigenvalue weighted by atomic mass is 16.5. The molecule has 0 N–H and O–H groups in total. The lowest BCUT2D eigenvalue weighted by atomic mass is 9.87. The zero-order chi connectivity index (χ0) is 9.07. The summed E-state index contributed by atoms with van der Waals surface area (Å²) in [7, 11) is 1.56. The Bertz CT molecular complexity index is 163. The van der Waals surface area contributed by atoms with Crippen molar-refractivity contribution >= 4 is 5.78 Å². The molecule has 0 rings (SSSR count). The maximum Gasteiger partial charge on any atom is 0.165 e. The van der Waals surface area contributed by atoms with E-state index >= 15 is 0 Å². The van der Waals surface area contributed by atoms with Gasteiger partial charge in [-0.1, -0.05) is 27.4 Å². The van der Waals surface area contributed by atoms with Crippen LogP contribution in [0, 0.1) is 5.41 Å². The number of ether oxygens (including phenoxy) is 1. The van der Waals surface area contributed by atoms with Crippen LogP contribution >= 0.6 is 0 Å². The molecule has 0 saturated heterocycles. The van der Waals surface area contributed by atoms with Crippen LogP contribution in [0.4, 0.5) is 0 Å². The van der Waals surface area contributed by atoms with Gasteiger partial charge in [-0.3, -0.25) is 4.79 Å². The van der Waals surface area contributed by atoms with Crippen LogP contribution in [-0.2, 0) is 9.53 Å². The summed E-state index contributed by atoms with van der Waals surface area (Å²) in [5.74, 6) is 0.0688. The number of carbonyl (C=O) groups is 1. The molecule has 2 heteroatoms. The van der Waals surface area contributed by atoms with E-state index in [1.54, 1.807) is 7.11 Å². The summed E-state index contributed by atoms with van der Waals surface area (Å²) >= 11 is 0. The molecule has 0 aliphatic heterocycles. The van der Waals surface area contributed by atoms with E-state index in [-0.39, 0.29) is 11.2 Å². The van der Waals surface area contributed by atoms with Crippen molar-refractivity contribution in [3.63, 3.8) is 0 Å². The minimum Gasteiger partial charge on any atom is -0.380 e. The first-order chi connectivity index (χ1) is 4.89. The minimum absolute atomic E-state index is 0.0688. The third kappa shape index (κ3) is 3.33. The van der Waals surface area contributed by atoms with Crippen molar-refractivity contribution in [2.24, 2.45) is 5.41 Å². The van der Waals surface area contributed by atoms with Gasteiger partial charge in [0.1, 0.15) is 0 Å². The van der Waals surface area contributed by atoms with Crippen LogP contribution in [0.1, 0.15) is 20.8 Å². The predicted molar refractivity (Wildman–Crippen MR) is 45.5 cm³/mol. The highest BCUT2D eigenvalue weighted by Crippen LogP contribution is 2.18. The van der Waals surface area contributed by atoms with Gasteiger partial charge in [-0.2, -0.15) is 0 Å². The van der Waals surface area contributed by atoms with Crippen molar-refractivity contribution in [1.82, 2.24) is 0 Å². The third-order valence-corrected chi connectivity index (χ3v) is 1.32. The number of hydrogen-bond donors (Lipinski definition) is 0. The summed E-state index contributed by atoms with van der Waals surface area (Å²) in [6.45, 7) is 9.58. The Morgan fingerprint density at radius 2 is 1.91 bits per heavy atom. The first-order valence-electron chi connectivity index (χ1n) is 3.61. The van der Waals surface area contributed by atoms with Crippen LogP contribution < -0.4 is 0 Å². The van der Waals surface area contributed by atoms with Crippen LogP contribution in [0.5, 0.6) is 0 Å². The fourth-order valence-corrected chi connectivity index (χ4v) is 0.770. The first-order valence-corrected chi connectivity index (χ1v) is 3.61. The number of ketones is 1. The van der Waals surface area contributed by atoms with Crippen molar-refractivity contribution in [1.29, 1.82) is 0 Å². The second-order valence-corrected chi connectivity index (χ2v) is 3.62. The van der Waals surface area contributed by atoms with E-state index in [1.807, 2.05) is 20.8 Å². The van der Waals surface area contributed by atoms with E-state index in [1.165, 1.54) is 0 Å². The van der Waals surface area contributed by atoms with Gasteiger partial charge in [0.15, 0.2) is 5.78 Å². The van der Waals surface area contributed by atoms with E-state index < -0.39 is 0 Å². The van der Waals surface area contributed by atoms with Crippen molar-refractivity contribution in [3.05, 3.63) is 12.2 Å². The molecule has 2 nitrogen and oxygen atoms in total. The second-order valence-electron chi connectivity index (χ2n) is 3.62. The fraction of sp³-hybridized carbons (Fsp3) is 0.667. The van der Waals surface area contributed by atoms with E-state index in [4.69, 9.17) is 4.74 Å². The number of hydrogen-bond acceptors (Lipinski definition) is 2. The smallest absolute Gasteiger partial charge is 0.165 e. The Hall–Kier alpha value is -0.630. The highest BCUT2D eigenvalue weighted by molar-refractivity contribution is 5.98. The molecular formula is C9H16O2. The van der Waals surface area contributed by atoms with Crippen LogP contribution in [0.2, 0.25) is 0 Å². The lowest BCUT2D eigenvalue weighted by molar-refractivity contribution is -0.122. The zero-order valence-electron chi connectivity index (χ0n) is 7.73. The maximum absolute atomic E-state index is 11.4. The predicted octanol–water partition coefficient (Wildman–Crippen LogP) is 1.80. The van der Waals surface area contributed by atoms with Crippen molar-refractivity contribution < 1.29 is 9.53 Å². The summed E-state index contributed by atoms with van der Waals surface area (Å²) in [5, 5.41) is 0. The number of rotatable bonds is 3. The van der Waals surface area contributed by atoms with Crippen LogP contribution in [-0.4, -0.2) is 19.5 Å². The molecule has 0 aliphatic rings. The maximum atomic E-state index is 11.4. The largest absolute Gasteiger partial charge is 0.380 e. The molecule has 0 spiro atoms. The summed E-state index contributed by atoms with van der Waals surface area (Å²) in [6, 6.07) is 0. The summed E-state index contributed by atoms with van der Waals surface area (Å²) in [5.41, 5.74) is 0.204. The Kier molecular flexibility index (Phi) is 3.46. The first kappa shape index (κ1) is 10.4. The van der Waals surface area contributed by atoms with E-state index in [0.29, 0.717) is 12.2 Å². The minimum atomic E-state index is -0.338. The molecule has 0 bridgehead atoms. The van der Waals surface area contributed by atoms with Gasteiger partial charge in [0.05, 0.1) is 6.61 Å². The van der Waals surface area contributed by atoms with E-state index in [9.17, 15) is 4.79 Å². The third-order valence-electron chi connectivity index (χ3n) is 1.32. The molecule has 0 aliphatic carbocycles. The van der Waals surface area contributed by atoms with Gasteiger partial charge >= 0.3 is 0 Å². The Balaban J connectivity index is 4.15. The molecule has 11 heavy (non-hydrogen) atoms. The average Bonchev–Trinajstić information content (AvgIpc) is 1.85. The average molecular weight is 156 g/mol. The van der Waals surface area contributed by atoms with Crippen LogP contribution in [0.15, 0.2) is 12.2 Å². The fourth-order valence-electron chi connectivity index (χ4n) is 0.770. The van der Waals surface area contributed by atoms with Gasteiger partial charge in [0.25, 0.3) is 0 Å². The van der Waals surface area contributed by atoms with Crippen LogP contribution in [0.25, 0.3) is 0 Å². The van der Waals surface area contributed by atoms with Crippen LogP contribution in [0.3, 0.4) is 0 Å². The molecule has 0 saturated carbocycles. The second kappa shape index (κ2) is 3.67. The number of Topliss-reactive ketones (excluding diaryl/α,β-unsaturated/α-hetero) is 1. The summed E-state index contributed by atoms with van der Waals surface area (Å²) in [6.07, 6.45) is 0. The Morgan fingerprint density at radius 3 is 2.18 bits per heavy atom. The Labute approximate surface area is 68.2 Å². The van der Waals surface area contributed by atoms with Crippen molar-refractivity contribution in [2.75, 3.05) is 13.7 Å². The van der Waals surface area contributed by atoms with Crippen molar-refractivity contribution in [2.45, 2.75) is 20.8 Å². The molecule has 64 valence electrons. The molecule has 0 fully saturated rings. The molecule has 0 heterocycles. The quantitative estimate of drug-likeness (QED) is 0.582. The van der Waals surface area contributed by atoms with E-state index in [0.717, 1.165) is 0 Å². The highest BCUT2D eigenvalue weighted by Gasteiger charge is 2.23. The lowest BCUT2D eigenvalue weighted by Gasteiger charge is -2.17. The summed E-state index contributed by atoms with van der Waals surface area (Å²) < 4.78 is 4.80. The molecule has 0 aromatic rings. The number of methoxy groups -OCH3 is 1. The standard InChI is InChI=1S/C9H16O2/c1-7(6-11-5)8(10)9(2,3)4/h1,6H2,2-5H3. The van der Waals surface area contributed by atoms with Gasteiger partial charge in [-0.25, -0.2) is 0 Å². The number of carbonyl (C=O) groups excluding carboxylic acids is 1. The van der Waals surface area contributed by atoms with Gasteiger partial charge in [0.2, 0.25) is 0 Å². The normalized spacial score (nSPS) is 11.3. The van der Waals surface area contributed by atoms with Gasteiger partial charge < -0.3 is 4.74 Å². The molecule has 0 amide bonds. The molecule has 0 unspecified atom stereocenters. The molecule has 0 aromatic heterocycles. The molecule has 0 atom stereocenters. The zero-order valence-corrected chi connectivity index (χ0v) is 7.73. The summed E-state index contributed by atoms with van der Waals surface area (Å²) in [4.78, 5) is 11.4. The lowest BCUT2D eigenvalue weighted by Crippen LogP contribution is -2.23. The molecular weight excluding hydrogens is 140 g/mol. The van der Waals surface area contributed by atoms with Gasteiger partial charge in [-0.05, 0) is 0 Å². The van der Waals surface area contributed by atoms with Gasteiger partial charge in [0, 0.05) is 18.1 Å². The SMILES string of the molecule is C=C(COC)C(=O)C(C)(C)C. The monoisotopic (exact) mass is 156 g/mol. The molecule has 0 radical (unpaired) electrons. The topological polar surface area (TPSA) is 26.3 Å².